The molecular weight excluding hydrogens is 270 g/mol. The lowest BCUT2D eigenvalue weighted by atomic mass is 10.1. The zero-order valence-corrected chi connectivity index (χ0v) is 11.6. The highest BCUT2D eigenvalue weighted by Crippen LogP contribution is 2.25. The molecule has 4 heteroatoms. The lowest BCUT2D eigenvalue weighted by molar-refractivity contribution is 1.10. The van der Waals surface area contributed by atoms with Crippen molar-refractivity contribution >= 4 is 33.5 Å². The Labute approximate surface area is 120 Å². The molecule has 0 aliphatic carbocycles. The maximum Gasteiger partial charge on any atom is 0.100 e. The first kappa shape index (κ1) is 11.6. The van der Waals surface area contributed by atoms with Crippen LogP contribution >= 0.6 is 11.6 Å². The van der Waals surface area contributed by atoms with Crippen molar-refractivity contribution in [2.75, 3.05) is 0 Å². The molecule has 3 nitrogen and oxygen atoms in total. The average Bonchev–Trinajstić information content (AvgIpc) is 3.02. The van der Waals surface area contributed by atoms with E-state index in [1.807, 2.05) is 30.7 Å². The van der Waals surface area contributed by atoms with Crippen LogP contribution in [-0.2, 0) is 0 Å². The van der Waals surface area contributed by atoms with E-state index in [0.717, 1.165) is 22.2 Å². The van der Waals surface area contributed by atoms with Crippen LogP contribution in [0.1, 0.15) is 5.56 Å². The summed E-state index contributed by atoms with van der Waals surface area (Å²) < 4.78 is 2.08. The maximum absolute atomic E-state index is 6.00. The Balaban J connectivity index is 1.98. The maximum atomic E-state index is 6.00. The van der Waals surface area contributed by atoms with E-state index in [0.29, 0.717) is 5.02 Å². The highest BCUT2D eigenvalue weighted by Gasteiger charge is 2.07. The minimum Gasteiger partial charge on any atom is -0.361 e. The quantitative estimate of drug-likeness (QED) is 0.549. The lowest BCUT2D eigenvalue weighted by Crippen LogP contribution is -1.91. The molecule has 20 heavy (non-hydrogen) atoms. The van der Waals surface area contributed by atoms with Gasteiger partial charge in [0.2, 0.25) is 0 Å². The fraction of sp³-hybridized carbons (Fsp3) is 0.0625. The van der Waals surface area contributed by atoms with Gasteiger partial charge in [-0.2, -0.15) is 0 Å². The second kappa shape index (κ2) is 4.12. The number of halogens is 1. The van der Waals surface area contributed by atoms with E-state index in [2.05, 4.69) is 39.7 Å². The first-order valence-corrected chi connectivity index (χ1v) is 6.81. The monoisotopic (exact) mass is 281 g/mol. The number of imidazole rings is 1. The molecule has 0 radical (unpaired) electrons. The predicted molar refractivity (Wildman–Crippen MR) is 82.7 cm³/mol. The van der Waals surface area contributed by atoms with Gasteiger partial charge in [-0.3, -0.25) is 4.57 Å². The molecule has 0 unspecified atom stereocenters. The van der Waals surface area contributed by atoms with Gasteiger partial charge < -0.3 is 4.98 Å². The number of nitrogens with one attached hydrogen (secondary N) is 1. The van der Waals surface area contributed by atoms with Gasteiger partial charge in [0, 0.05) is 27.8 Å². The van der Waals surface area contributed by atoms with Crippen LogP contribution in [0.2, 0.25) is 5.02 Å². The van der Waals surface area contributed by atoms with Crippen molar-refractivity contribution in [3.8, 4) is 5.69 Å². The van der Waals surface area contributed by atoms with Crippen LogP contribution in [0.25, 0.3) is 27.6 Å². The molecular formula is C16H12ClN3. The first-order valence-electron chi connectivity index (χ1n) is 6.43. The molecule has 1 N–H and O–H groups in total. The molecule has 0 saturated carbocycles. The van der Waals surface area contributed by atoms with Gasteiger partial charge in [-0.15, -0.1) is 0 Å². The van der Waals surface area contributed by atoms with E-state index < -0.39 is 0 Å². The number of aromatic amines is 1. The Morgan fingerprint density at radius 2 is 2.05 bits per heavy atom. The van der Waals surface area contributed by atoms with Crippen LogP contribution in [0.4, 0.5) is 0 Å². The normalized spacial score (nSPS) is 11.5. The van der Waals surface area contributed by atoms with E-state index in [1.54, 1.807) is 0 Å². The molecule has 0 spiro atoms. The molecule has 0 aliphatic heterocycles. The summed E-state index contributed by atoms with van der Waals surface area (Å²) in [6.45, 7) is 2.11. The summed E-state index contributed by atoms with van der Waals surface area (Å²) in [7, 11) is 0. The molecule has 2 heterocycles. The Morgan fingerprint density at radius 3 is 2.95 bits per heavy atom. The second-order valence-electron chi connectivity index (χ2n) is 4.95. The van der Waals surface area contributed by atoms with Crippen LogP contribution in [-0.4, -0.2) is 14.5 Å². The van der Waals surface area contributed by atoms with Crippen molar-refractivity contribution in [1.82, 2.24) is 14.5 Å². The minimum absolute atomic E-state index is 0.708. The van der Waals surface area contributed by atoms with E-state index in [-0.39, 0.29) is 0 Å². The molecule has 0 aliphatic rings. The van der Waals surface area contributed by atoms with E-state index in [4.69, 9.17) is 11.6 Å². The SMILES string of the molecule is Cc1c[nH]c2ccc(-n3cnc4cc(Cl)ccc43)cc12. The van der Waals surface area contributed by atoms with Gasteiger partial charge in [-0.05, 0) is 48.9 Å². The molecule has 0 amide bonds. The van der Waals surface area contributed by atoms with Crippen LogP contribution in [0, 0.1) is 6.92 Å². The third-order valence-corrected chi connectivity index (χ3v) is 3.89. The fourth-order valence-electron chi connectivity index (χ4n) is 2.59. The first-order chi connectivity index (χ1) is 9.72. The molecule has 0 saturated heterocycles. The van der Waals surface area contributed by atoms with E-state index >= 15 is 0 Å². The number of hydrogen-bond donors (Lipinski definition) is 1. The van der Waals surface area contributed by atoms with Crippen LogP contribution in [0.3, 0.4) is 0 Å². The highest BCUT2D eigenvalue weighted by atomic mass is 35.5. The largest absolute Gasteiger partial charge is 0.361 e. The number of H-pyrrole nitrogens is 1. The third kappa shape index (κ3) is 1.63. The van der Waals surface area contributed by atoms with Gasteiger partial charge in [0.15, 0.2) is 0 Å². The van der Waals surface area contributed by atoms with Gasteiger partial charge in [0.05, 0.1) is 11.0 Å². The number of rotatable bonds is 1. The molecule has 0 bridgehead atoms. The number of benzene rings is 2. The van der Waals surface area contributed by atoms with Crippen LogP contribution in [0.15, 0.2) is 48.9 Å². The summed E-state index contributed by atoms with van der Waals surface area (Å²) >= 11 is 6.00. The molecule has 98 valence electrons. The molecule has 4 aromatic rings. The summed E-state index contributed by atoms with van der Waals surface area (Å²) in [4.78, 5) is 7.68. The van der Waals surface area contributed by atoms with Gasteiger partial charge in [0.1, 0.15) is 6.33 Å². The van der Waals surface area contributed by atoms with Crippen LogP contribution in [0.5, 0.6) is 0 Å². The molecule has 4 rings (SSSR count). The van der Waals surface area contributed by atoms with Crippen molar-refractivity contribution in [2.24, 2.45) is 0 Å². The van der Waals surface area contributed by atoms with Gasteiger partial charge in [0.25, 0.3) is 0 Å². The van der Waals surface area contributed by atoms with Crippen molar-refractivity contribution < 1.29 is 0 Å². The second-order valence-corrected chi connectivity index (χ2v) is 5.39. The molecule has 0 atom stereocenters. The van der Waals surface area contributed by atoms with Gasteiger partial charge in [-0.25, -0.2) is 4.98 Å². The molecule has 2 aromatic carbocycles. The van der Waals surface area contributed by atoms with Crippen LogP contribution < -0.4 is 0 Å². The summed E-state index contributed by atoms with van der Waals surface area (Å²) in [6.07, 6.45) is 3.87. The van der Waals surface area contributed by atoms with E-state index in [1.165, 1.54) is 10.9 Å². The number of aryl methyl sites for hydroxylation is 1. The van der Waals surface area contributed by atoms with Gasteiger partial charge >= 0.3 is 0 Å². The van der Waals surface area contributed by atoms with Crippen molar-refractivity contribution in [3.05, 3.63) is 59.5 Å². The fourth-order valence-corrected chi connectivity index (χ4v) is 2.76. The smallest absolute Gasteiger partial charge is 0.100 e. The number of nitrogens with zero attached hydrogens (tertiary/aromatic N) is 2. The Kier molecular flexibility index (Phi) is 2.38. The Morgan fingerprint density at radius 1 is 1.15 bits per heavy atom. The topological polar surface area (TPSA) is 33.6 Å². The number of aromatic nitrogens is 3. The van der Waals surface area contributed by atoms with Crippen molar-refractivity contribution in [3.63, 3.8) is 0 Å². The summed E-state index contributed by atoms with van der Waals surface area (Å²) in [5, 5.41) is 1.94. The minimum atomic E-state index is 0.708. The lowest BCUT2D eigenvalue weighted by Gasteiger charge is -2.05. The standard InChI is InChI=1S/C16H12ClN3/c1-10-8-18-14-4-3-12(7-13(10)14)20-9-19-15-6-11(17)2-5-16(15)20/h2-9,18H,1H3. The zero-order valence-electron chi connectivity index (χ0n) is 10.9. The third-order valence-electron chi connectivity index (χ3n) is 3.66. The zero-order chi connectivity index (χ0) is 13.7. The Bertz CT molecular complexity index is 933. The predicted octanol–water partition coefficient (Wildman–Crippen LogP) is 4.47. The van der Waals surface area contributed by atoms with Crippen molar-refractivity contribution in [1.29, 1.82) is 0 Å². The number of fused-ring (bicyclic) bond motifs is 2. The summed E-state index contributed by atoms with van der Waals surface area (Å²) in [6, 6.07) is 12.1. The Hall–Kier alpha value is -2.26. The van der Waals surface area contributed by atoms with Gasteiger partial charge in [-0.1, -0.05) is 11.6 Å². The molecule has 2 aromatic heterocycles. The van der Waals surface area contributed by atoms with E-state index in [9.17, 15) is 0 Å². The average molecular weight is 282 g/mol. The number of hydrogen-bond acceptors (Lipinski definition) is 1. The summed E-state index contributed by atoms with van der Waals surface area (Å²) in [5.41, 5.74) is 5.46. The van der Waals surface area contributed by atoms with Crippen molar-refractivity contribution in [2.45, 2.75) is 6.92 Å². The molecule has 0 fully saturated rings. The highest BCUT2D eigenvalue weighted by molar-refractivity contribution is 6.31. The summed E-state index contributed by atoms with van der Waals surface area (Å²) in [5.74, 6) is 0.